The number of halogens is 2. The van der Waals surface area contributed by atoms with Gasteiger partial charge in [0.25, 0.3) is 0 Å². The Balaban J connectivity index is 1.79. The third kappa shape index (κ3) is 6.31. The number of nitrogens with zero attached hydrogens (tertiary/aromatic N) is 2. The van der Waals surface area contributed by atoms with Crippen LogP contribution in [0.5, 0.6) is 5.75 Å². The van der Waals surface area contributed by atoms with Gasteiger partial charge >= 0.3 is 6.61 Å². The van der Waals surface area contributed by atoms with Gasteiger partial charge in [0, 0.05) is 39.4 Å². The van der Waals surface area contributed by atoms with E-state index in [1.54, 1.807) is 25.2 Å². The van der Waals surface area contributed by atoms with Crippen molar-refractivity contribution in [3.63, 3.8) is 0 Å². The van der Waals surface area contributed by atoms with E-state index in [4.69, 9.17) is 4.74 Å². The molecule has 7 heteroatoms. The summed E-state index contributed by atoms with van der Waals surface area (Å²) in [5.41, 5.74) is 0.650. The van der Waals surface area contributed by atoms with Crippen LogP contribution in [0.3, 0.4) is 0 Å². The Labute approximate surface area is 141 Å². The number of rotatable bonds is 9. The van der Waals surface area contributed by atoms with Crippen LogP contribution in [0.2, 0.25) is 0 Å². The van der Waals surface area contributed by atoms with Crippen LogP contribution in [0.1, 0.15) is 18.4 Å². The molecular weight excluding hydrogens is 316 g/mol. The quantitative estimate of drug-likeness (QED) is 0.426. The van der Waals surface area contributed by atoms with Crippen LogP contribution in [0.15, 0.2) is 29.3 Å². The minimum Gasteiger partial charge on any atom is -0.434 e. The monoisotopic (exact) mass is 341 g/mol. The average molecular weight is 341 g/mol. The molecule has 0 radical (unpaired) electrons. The third-order valence-electron chi connectivity index (χ3n) is 3.82. The van der Waals surface area contributed by atoms with Crippen molar-refractivity contribution in [2.45, 2.75) is 26.0 Å². The van der Waals surface area contributed by atoms with Crippen molar-refractivity contribution in [2.24, 2.45) is 10.9 Å². The first-order valence-electron chi connectivity index (χ1n) is 8.12. The fraction of sp³-hybridized carbons (Fsp3) is 0.588. The number of guanidine groups is 1. The third-order valence-corrected chi connectivity index (χ3v) is 3.82. The summed E-state index contributed by atoms with van der Waals surface area (Å²) in [4.78, 5) is 6.15. The molecular formula is C17H25F2N3O2. The Morgan fingerprint density at radius 2 is 2.12 bits per heavy atom. The summed E-state index contributed by atoms with van der Waals surface area (Å²) in [6, 6.07) is 6.73. The standard InChI is InChI=1S/C17H25F2N3O2/c1-20-17(22(2)9-10-23-12-13-7-8-13)21-11-14-5-3-4-6-15(14)24-16(18)19/h3-6,13,16H,7-12H2,1-2H3,(H,20,21). The van der Waals surface area contributed by atoms with E-state index < -0.39 is 6.61 Å². The fourth-order valence-electron chi connectivity index (χ4n) is 2.26. The lowest BCUT2D eigenvalue weighted by Crippen LogP contribution is -2.40. The van der Waals surface area contributed by atoms with Gasteiger partial charge in [-0.05, 0) is 24.8 Å². The molecule has 1 fully saturated rings. The zero-order chi connectivity index (χ0) is 17.4. The van der Waals surface area contributed by atoms with E-state index in [1.807, 2.05) is 11.9 Å². The van der Waals surface area contributed by atoms with Crippen LogP contribution < -0.4 is 10.1 Å². The highest BCUT2D eigenvalue weighted by Gasteiger charge is 2.21. The number of para-hydroxylation sites is 1. The van der Waals surface area contributed by atoms with E-state index in [9.17, 15) is 8.78 Å². The molecule has 1 aromatic rings. The molecule has 0 unspecified atom stereocenters. The number of likely N-dealkylation sites (N-methyl/N-ethyl adjacent to an activating group) is 1. The first kappa shape index (κ1) is 18.4. The van der Waals surface area contributed by atoms with Crippen LogP contribution in [0.4, 0.5) is 8.78 Å². The predicted octanol–water partition coefficient (Wildman–Crippen LogP) is 2.72. The number of hydrogen-bond acceptors (Lipinski definition) is 3. The average Bonchev–Trinajstić information content (AvgIpc) is 3.37. The predicted molar refractivity (Wildman–Crippen MR) is 89.4 cm³/mol. The van der Waals surface area contributed by atoms with E-state index in [2.05, 4.69) is 15.0 Å². The molecule has 0 amide bonds. The maximum atomic E-state index is 12.4. The maximum absolute atomic E-state index is 12.4. The molecule has 1 aliphatic rings. The SMILES string of the molecule is CN=C(NCc1ccccc1OC(F)F)N(C)CCOCC1CC1. The summed E-state index contributed by atoms with van der Waals surface area (Å²) in [6.45, 7) is -0.307. The van der Waals surface area contributed by atoms with Crippen molar-refractivity contribution in [3.8, 4) is 5.75 Å². The minimum absolute atomic E-state index is 0.172. The van der Waals surface area contributed by atoms with Crippen molar-refractivity contribution < 1.29 is 18.3 Å². The minimum atomic E-state index is -2.84. The highest BCUT2D eigenvalue weighted by atomic mass is 19.3. The number of nitrogens with one attached hydrogen (secondary N) is 1. The van der Waals surface area contributed by atoms with Crippen LogP contribution in [-0.4, -0.2) is 51.3 Å². The van der Waals surface area contributed by atoms with Gasteiger partial charge in [-0.15, -0.1) is 0 Å². The van der Waals surface area contributed by atoms with Gasteiger partial charge in [-0.25, -0.2) is 0 Å². The second-order valence-electron chi connectivity index (χ2n) is 5.83. The Morgan fingerprint density at radius 1 is 1.38 bits per heavy atom. The number of alkyl halides is 2. The number of ether oxygens (including phenoxy) is 2. The van der Waals surface area contributed by atoms with Gasteiger partial charge in [0.05, 0.1) is 6.61 Å². The normalized spacial score (nSPS) is 14.8. The summed E-state index contributed by atoms with van der Waals surface area (Å²) in [5.74, 6) is 1.60. The van der Waals surface area contributed by atoms with Gasteiger partial charge in [-0.1, -0.05) is 18.2 Å². The second kappa shape index (κ2) is 9.42. The van der Waals surface area contributed by atoms with E-state index >= 15 is 0 Å². The molecule has 1 aliphatic carbocycles. The second-order valence-corrected chi connectivity index (χ2v) is 5.83. The number of benzene rings is 1. The molecule has 0 atom stereocenters. The van der Waals surface area contributed by atoms with Gasteiger partial charge in [-0.2, -0.15) is 8.78 Å². The molecule has 0 saturated heterocycles. The molecule has 1 N–H and O–H groups in total. The van der Waals surface area contributed by atoms with Crippen molar-refractivity contribution in [2.75, 3.05) is 33.9 Å². The van der Waals surface area contributed by atoms with Gasteiger partial charge in [0.2, 0.25) is 0 Å². The summed E-state index contributed by atoms with van der Waals surface area (Å²) in [5, 5.41) is 3.16. The van der Waals surface area contributed by atoms with Crippen molar-refractivity contribution in [1.82, 2.24) is 10.2 Å². The van der Waals surface area contributed by atoms with Crippen LogP contribution >= 0.6 is 0 Å². The Bertz CT molecular complexity index is 536. The number of aliphatic imine (C=N–C) groups is 1. The molecule has 0 aliphatic heterocycles. The molecule has 0 aromatic heterocycles. The summed E-state index contributed by atoms with van der Waals surface area (Å²) in [6.07, 6.45) is 2.55. The van der Waals surface area contributed by atoms with E-state index in [1.165, 1.54) is 18.9 Å². The summed E-state index contributed by atoms with van der Waals surface area (Å²) < 4.78 is 35.0. The smallest absolute Gasteiger partial charge is 0.387 e. The molecule has 1 aromatic carbocycles. The van der Waals surface area contributed by atoms with Crippen LogP contribution in [0.25, 0.3) is 0 Å². The zero-order valence-corrected chi connectivity index (χ0v) is 14.2. The highest BCUT2D eigenvalue weighted by molar-refractivity contribution is 5.79. The van der Waals surface area contributed by atoms with E-state index in [-0.39, 0.29) is 5.75 Å². The molecule has 1 saturated carbocycles. The van der Waals surface area contributed by atoms with E-state index in [0.717, 1.165) is 12.5 Å². The van der Waals surface area contributed by atoms with E-state index in [0.29, 0.717) is 31.2 Å². The van der Waals surface area contributed by atoms with Crippen molar-refractivity contribution >= 4 is 5.96 Å². The molecule has 134 valence electrons. The Morgan fingerprint density at radius 3 is 2.79 bits per heavy atom. The molecule has 5 nitrogen and oxygen atoms in total. The van der Waals surface area contributed by atoms with Crippen molar-refractivity contribution in [1.29, 1.82) is 0 Å². The zero-order valence-electron chi connectivity index (χ0n) is 14.2. The highest BCUT2D eigenvalue weighted by Crippen LogP contribution is 2.28. The largest absolute Gasteiger partial charge is 0.434 e. The lowest BCUT2D eigenvalue weighted by Gasteiger charge is -2.22. The Hall–Kier alpha value is -1.89. The van der Waals surface area contributed by atoms with Crippen LogP contribution in [-0.2, 0) is 11.3 Å². The molecule has 0 heterocycles. The lowest BCUT2D eigenvalue weighted by atomic mass is 10.2. The van der Waals surface area contributed by atoms with Gasteiger partial charge in [0.15, 0.2) is 5.96 Å². The first-order chi connectivity index (χ1) is 11.6. The maximum Gasteiger partial charge on any atom is 0.387 e. The fourth-order valence-corrected chi connectivity index (χ4v) is 2.26. The molecule has 2 rings (SSSR count). The molecule has 0 bridgehead atoms. The lowest BCUT2D eigenvalue weighted by molar-refractivity contribution is -0.0504. The topological polar surface area (TPSA) is 46.1 Å². The first-order valence-corrected chi connectivity index (χ1v) is 8.12. The summed E-state index contributed by atoms with van der Waals surface area (Å²) >= 11 is 0. The van der Waals surface area contributed by atoms with Crippen molar-refractivity contribution in [3.05, 3.63) is 29.8 Å². The van der Waals surface area contributed by atoms with Crippen LogP contribution in [0, 0.1) is 5.92 Å². The molecule has 24 heavy (non-hydrogen) atoms. The number of hydrogen-bond donors (Lipinski definition) is 1. The Kier molecular flexibility index (Phi) is 7.24. The summed E-state index contributed by atoms with van der Waals surface area (Å²) in [7, 11) is 3.60. The van der Waals surface area contributed by atoms with Gasteiger partial charge in [-0.3, -0.25) is 4.99 Å². The van der Waals surface area contributed by atoms with Gasteiger partial charge < -0.3 is 19.7 Å². The molecule has 0 spiro atoms. The van der Waals surface area contributed by atoms with Gasteiger partial charge in [0.1, 0.15) is 5.75 Å².